The summed E-state index contributed by atoms with van der Waals surface area (Å²) in [6.07, 6.45) is 0. The molecular formula is C50H34N2. The molecule has 10 aromatic rings. The molecule has 0 aliphatic carbocycles. The van der Waals surface area contributed by atoms with Crippen LogP contribution in [0.4, 0.5) is 17.1 Å². The second kappa shape index (κ2) is 12.5. The Morgan fingerprint density at radius 1 is 0.346 bits per heavy atom. The van der Waals surface area contributed by atoms with E-state index >= 15 is 0 Å². The summed E-state index contributed by atoms with van der Waals surface area (Å²) in [7, 11) is 0. The largest absolute Gasteiger partial charge is 0.311 e. The Hall–Kier alpha value is -6.90. The van der Waals surface area contributed by atoms with E-state index in [2.05, 4.69) is 216 Å². The van der Waals surface area contributed by atoms with Gasteiger partial charge in [-0.15, -0.1) is 0 Å². The number of para-hydroxylation sites is 1. The van der Waals surface area contributed by atoms with Crippen LogP contribution in [0, 0.1) is 0 Å². The minimum atomic E-state index is 1.10. The molecule has 0 spiro atoms. The zero-order valence-corrected chi connectivity index (χ0v) is 28.5. The average molecular weight is 663 g/mol. The van der Waals surface area contributed by atoms with Crippen molar-refractivity contribution < 1.29 is 0 Å². The fourth-order valence-corrected chi connectivity index (χ4v) is 7.98. The topological polar surface area (TPSA) is 8.17 Å². The van der Waals surface area contributed by atoms with Gasteiger partial charge >= 0.3 is 0 Å². The van der Waals surface area contributed by atoms with E-state index in [1.54, 1.807) is 0 Å². The molecule has 2 heteroatoms. The number of benzene rings is 9. The van der Waals surface area contributed by atoms with Gasteiger partial charge in [0.15, 0.2) is 0 Å². The van der Waals surface area contributed by atoms with Crippen LogP contribution in [-0.4, -0.2) is 4.57 Å². The molecular weight excluding hydrogens is 629 g/mol. The highest BCUT2D eigenvalue weighted by Gasteiger charge is 2.21. The predicted octanol–water partition coefficient (Wildman–Crippen LogP) is 13.9. The molecule has 0 amide bonds. The zero-order valence-electron chi connectivity index (χ0n) is 28.5. The van der Waals surface area contributed by atoms with Crippen LogP contribution in [-0.2, 0) is 0 Å². The second-order valence-corrected chi connectivity index (χ2v) is 13.4. The van der Waals surface area contributed by atoms with Gasteiger partial charge in [-0.1, -0.05) is 146 Å². The van der Waals surface area contributed by atoms with Gasteiger partial charge in [-0.05, 0) is 98.9 Å². The Morgan fingerprint density at radius 3 is 1.56 bits per heavy atom. The normalized spacial score (nSPS) is 11.5. The molecule has 52 heavy (non-hydrogen) atoms. The fraction of sp³-hybridized carbons (Fsp3) is 0. The fourth-order valence-electron chi connectivity index (χ4n) is 7.98. The first-order chi connectivity index (χ1) is 25.8. The van der Waals surface area contributed by atoms with Crippen molar-refractivity contribution in [3.8, 4) is 27.9 Å². The molecule has 10 rings (SSSR count). The van der Waals surface area contributed by atoms with Crippen LogP contribution < -0.4 is 4.90 Å². The van der Waals surface area contributed by atoms with Gasteiger partial charge in [0.2, 0.25) is 0 Å². The summed E-state index contributed by atoms with van der Waals surface area (Å²) in [5, 5.41) is 7.55. The first-order valence-electron chi connectivity index (χ1n) is 17.9. The third-order valence-electron chi connectivity index (χ3n) is 10.3. The lowest BCUT2D eigenvalue weighted by Gasteiger charge is -2.26. The lowest BCUT2D eigenvalue weighted by atomic mass is 9.94. The van der Waals surface area contributed by atoms with E-state index in [0.717, 1.165) is 22.7 Å². The van der Waals surface area contributed by atoms with Gasteiger partial charge in [0, 0.05) is 39.1 Å². The second-order valence-electron chi connectivity index (χ2n) is 13.4. The molecule has 0 N–H and O–H groups in total. The van der Waals surface area contributed by atoms with E-state index in [4.69, 9.17) is 0 Å². The number of hydrogen-bond donors (Lipinski definition) is 0. The van der Waals surface area contributed by atoms with Crippen molar-refractivity contribution in [2.24, 2.45) is 0 Å². The van der Waals surface area contributed by atoms with Crippen LogP contribution >= 0.6 is 0 Å². The standard InChI is InChI=1S/C50H34N2/c1-4-14-35(15-5-1)36-24-27-41(28-25-36)51(40-20-8-3-9-21-40)42-29-31-43(32-30-42)52-47-33-26-37-16-10-12-22-44(37)49(47)46-34-39-19-11-13-23-45(39)48(50(46)52)38-17-6-2-7-18-38/h1-34H. The van der Waals surface area contributed by atoms with Crippen LogP contribution in [0.15, 0.2) is 206 Å². The Morgan fingerprint density at radius 2 is 0.865 bits per heavy atom. The monoisotopic (exact) mass is 662 g/mol. The minimum Gasteiger partial charge on any atom is -0.311 e. The van der Waals surface area contributed by atoms with E-state index in [1.807, 2.05) is 0 Å². The van der Waals surface area contributed by atoms with Crippen LogP contribution in [0.1, 0.15) is 0 Å². The maximum atomic E-state index is 2.48. The summed E-state index contributed by atoms with van der Waals surface area (Å²) in [6.45, 7) is 0. The summed E-state index contributed by atoms with van der Waals surface area (Å²) in [4.78, 5) is 2.33. The van der Waals surface area contributed by atoms with Gasteiger partial charge in [0.05, 0.1) is 11.0 Å². The van der Waals surface area contributed by atoms with Crippen molar-refractivity contribution >= 4 is 60.4 Å². The molecule has 1 aromatic heterocycles. The molecule has 1 heterocycles. The van der Waals surface area contributed by atoms with E-state index in [0.29, 0.717) is 0 Å². The average Bonchev–Trinajstić information content (AvgIpc) is 3.56. The molecule has 9 aromatic carbocycles. The maximum absolute atomic E-state index is 2.48. The first kappa shape index (κ1) is 30.0. The van der Waals surface area contributed by atoms with E-state index in [-0.39, 0.29) is 0 Å². The summed E-state index contributed by atoms with van der Waals surface area (Å²) < 4.78 is 2.48. The molecule has 2 nitrogen and oxygen atoms in total. The maximum Gasteiger partial charge on any atom is 0.0626 e. The quantitative estimate of drug-likeness (QED) is 0.172. The van der Waals surface area contributed by atoms with Crippen molar-refractivity contribution in [2.45, 2.75) is 0 Å². The van der Waals surface area contributed by atoms with Gasteiger partial charge in [-0.25, -0.2) is 0 Å². The molecule has 0 saturated carbocycles. The molecule has 0 bridgehead atoms. The Balaban J connectivity index is 1.20. The number of aromatic nitrogens is 1. The minimum absolute atomic E-state index is 1.10. The third-order valence-corrected chi connectivity index (χ3v) is 10.3. The van der Waals surface area contributed by atoms with Crippen LogP contribution in [0.3, 0.4) is 0 Å². The van der Waals surface area contributed by atoms with Gasteiger partial charge in [-0.2, -0.15) is 0 Å². The number of fused-ring (bicyclic) bond motifs is 6. The lowest BCUT2D eigenvalue weighted by Crippen LogP contribution is -2.10. The van der Waals surface area contributed by atoms with Crippen molar-refractivity contribution in [1.82, 2.24) is 4.57 Å². The summed E-state index contributed by atoms with van der Waals surface area (Å²) in [6, 6.07) is 74.5. The number of nitrogens with zero attached hydrogens (tertiary/aromatic N) is 2. The first-order valence-corrected chi connectivity index (χ1v) is 17.9. The summed E-state index contributed by atoms with van der Waals surface area (Å²) >= 11 is 0. The highest BCUT2D eigenvalue weighted by Crippen LogP contribution is 2.45. The van der Waals surface area contributed by atoms with Crippen LogP contribution in [0.5, 0.6) is 0 Å². The highest BCUT2D eigenvalue weighted by atomic mass is 15.1. The lowest BCUT2D eigenvalue weighted by molar-refractivity contribution is 1.18. The molecule has 0 saturated heterocycles. The number of hydrogen-bond acceptors (Lipinski definition) is 1. The number of anilines is 3. The van der Waals surface area contributed by atoms with E-state index < -0.39 is 0 Å². The Bertz CT molecular complexity index is 2850. The van der Waals surface area contributed by atoms with Gasteiger partial charge < -0.3 is 9.47 Å². The molecule has 0 unspecified atom stereocenters. The Labute approximate surface area is 303 Å². The van der Waals surface area contributed by atoms with Gasteiger partial charge in [0.1, 0.15) is 0 Å². The van der Waals surface area contributed by atoms with Crippen molar-refractivity contribution in [3.05, 3.63) is 206 Å². The van der Waals surface area contributed by atoms with Gasteiger partial charge in [0.25, 0.3) is 0 Å². The predicted molar refractivity (Wildman–Crippen MR) is 221 cm³/mol. The molecule has 244 valence electrons. The molecule has 0 aliphatic heterocycles. The number of rotatable bonds is 6. The Kier molecular flexibility index (Phi) is 7.18. The summed E-state index contributed by atoms with van der Waals surface area (Å²) in [5.74, 6) is 0. The molecule has 0 aliphatic rings. The van der Waals surface area contributed by atoms with Crippen molar-refractivity contribution in [2.75, 3.05) is 4.90 Å². The van der Waals surface area contributed by atoms with E-state index in [1.165, 1.54) is 65.6 Å². The molecule has 0 fully saturated rings. The smallest absolute Gasteiger partial charge is 0.0626 e. The zero-order chi connectivity index (χ0) is 34.4. The molecule has 0 atom stereocenters. The van der Waals surface area contributed by atoms with Crippen LogP contribution in [0.2, 0.25) is 0 Å². The SMILES string of the molecule is c1ccc(-c2ccc(N(c3ccccc3)c3ccc(-n4c5ccc6ccccc6c5c5cc6ccccc6c(-c6ccccc6)c54)cc3)cc2)cc1. The van der Waals surface area contributed by atoms with Crippen LogP contribution in [0.25, 0.3) is 71.3 Å². The van der Waals surface area contributed by atoms with E-state index in [9.17, 15) is 0 Å². The van der Waals surface area contributed by atoms with Crippen molar-refractivity contribution in [3.63, 3.8) is 0 Å². The third kappa shape index (κ3) is 4.96. The molecule has 0 radical (unpaired) electrons. The summed E-state index contributed by atoms with van der Waals surface area (Å²) in [5.41, 5.74) is 11.8. The van der Waals surface area contributed by atoms with Gasteiger partial charge in [-0.3, -0.25) is 0 Å². The van der Waals surface area contributed by atoms with Crippen molar-refractivity contribution in [1.29, 1.82) is 0 Å². The highest BCUT2D eigenvalue weighted by molar-refractivity contribution is 6.27.